The van der Waals surface area contributed by atoms with E-state index in [2.05, 4.69) is 0 Å². The van der Waals surface area contributed by atoms with Crippen molar-refractivity contribution in [1.82, 2.24) is 9.80 Å². The molecule has 0 radical (unpaired) electrons. The molecule has 1 aromatic rings. The Bertz CT molecular complexity index is 787. The summed E-state index contributed by atoms with van der Waals surface area (Å²) in [5.74, 6) is -0.924. The first kappa shape index (κ1) is 21.0. The van der Waals surface area contributed by atoms with Crippen molar-refractivity contribution in [3.63, 3.8) is 0 Å². The highest BCUT2D eigenvalue weighted by Gasteiger charge is 2.42. The molecule has 0 aliphatic carbocycles. The topological polar surface area (TPSA) is 90.4 Å². The van der Waals surface area contributed by atoms with Crippen LogP contribution in [0.2, 0.25) is 0 Å². The van der Waals surface area contributed by atoms with Gasteiger partial charge in [0.2, 0.25) is 0 Å². The average molecular weight is 403 g/mol. The number of urea groups is 1. The fourth-order valence-electron chi connectivity index (χ4n) is 3.78. The van der Waals surface area contributed by atoms with Gasteiger partial charge in [-0.05, 0) is 44.4 Å². The SMILES string of the molecule is CC(CC(=O)O)c1ccc(N2C[C@@H]3CN(C(=O)OC(C)(C)C)CCN3C2=O)cc1. The molecule has 0 bridgehead atoms. The highest BCUT2D eigenvalue weighted by molar-refractivity contribution is 5.95. The number of carbonyl (C=O) groups is 3. The van der Waals surface area contributed by atoms with Gasteiger partial charge in [-0.2, -0.15) is 0 Å². The molecule has 1 unspecified atom stereocenters. The van der Waals surface area contributed by atoms with Gasteiger partial charge in [-0.15, -0.1) is 0 Å². The van der Waals surface area contributed by atoms with Gasteiger partial charge in [-0.1, -0.05) is 19.1 Å². The van der Waals surface area contributed by atoms with Gasteiger partial charge >= 0.3 is 18.1 Å². The summed E-state index contributed by atoms with van der Waals surface area (Å²) in [6.07, 6.45) is -0.280. The zero-order valence-electron chi connectivity index (χ0n) is 17.4. The molecule has 3 amide bonds. The predicted octanol–water partition coefficient (Wildman–Crippen LogP) is 3.13. The minimum atomic E-state index is -0.831. The van der Waals surface area contributed by atoms with Crippen molar-refractivity contribution in [1.29, 1.82) is 0 Å². The maximum Gasteiger partial charge on any atom is 0.410 e. The van der Waals surface area contributed by atoms with Crippen LogP contribution in [0.4, 0.5) is 15.3 Å². The molecule has 1 aromatic carbocycles. The molecule has 29 heavy (non-hydrogen) atoms. The summed E-state index contributed by atoms with van der Waals surface area (Å²) < 4.78 is 5.46. The van der Waals surface area contributed by atoms with E-state index in [-0.39, 0.29) is 30.5 Å². The summed E-state index contributed by atoms with van der Waals surface area (Å²) in [6.45, 7) is 9.27. The average Bonchev–Trinajstić information content (AvgIpc) is 2.96. The van der Waals surface area contributed by atoms with E-state index in [0.29, 0.717) is 26.2 Å². The summed E-state index contributed by atoms with van der Waals surface area (Å²) in [7, 11) is 0. The van der Waals surface area contributed by atoms with Crippen molar-refractivity contribution in [3.05, 3.63) is 29.8 Å². The number of amides is 3. The fourth-order valence-corrected chi connectivity index (χ4v) is 3.78. The third-order valence-electron chi connectivity index (χ3n) is 5.26. The number of ether oxygens (including phenoxy) is 1. The monoisotopic (exact) mass is 403 g/mol. The Morgan fingerprint density at radius 3 is 2.41 bits per heavy atom. The number of hydrogen-bond donors (Lipinski definition) is 1. The minimum Gasteiger partial charge on any atom is -0.481 e. The Morgan fingerprint density at radius 2 is 1.83 bits per heavy atom. The summed E-state index contributed by atoms with van der Waals surface area (Å²) >= 11 is 0. The van der Waals surface area contributed by atoms with Crippen molar-refractivity contribution < 1.29 is 24.2 Å². The molecule has 2 aliphatic rings. The van der Waals surface area contributed by atoms with Crippen LogP contribution in [0.5, 0.6) is 0 Å². The summed E-state index contributed by atoms with van der Waals surface area (Å²) in [5.41, 5.74) is 1.15. The maximum atomic E-state index is 12.8. The van der Waals surface area contributed by atoms with Crippen molar-refractivity contribution in [2.45, 2.75) is 51.7 Å². The molecular formula is C21H29N3O5. The maximum absolute atomic E-state index is 12.8. The zero-order valence-corrected chi connectivity index (χ0v) is 17.4. The molecule has 2 atom stereocenters. The van der Waals surface area contributed by atoms with Gasteiger partial charge in [0, 0.05) is 31.9 Å². The number of fused-ring (bicyclic) bond motifs is 1. The largest absolute Gasteiger partial charge is 0.481 e. The number of hydrogen-bond acceptors (Lipinski definition) is 4. The molecule has 1 N–H and O–H groups in total. The van der Waals surface area contributed by atoms with Crippen LogP contribution in [0.25, 0.3) is 0 Å². The molecular weight excluding hydrogens is 374 g/mol. The number of piperazine rings is 1. The number of rotatable bonds is 4. The van der Waals surface area contributed by atoms with E-state index < -0.39 is 11.6 Å². The molecule has 2 saturated heterocycles. The lowest BCUT2D eigenvalue weighted by atomic mass is 9.97. The number of carbonyl (C=O) groups excluding carboxylic acids is 2. The molecule has 0 spiro atoms. The van der Waals surface area contributed by atoms with Gasteiger partial charge in [0.05, 0.1) is 12.5 Å². The first-order valence-electron chi connectivity index (χ1n) is 9.93. The highest BCUT2D eigenvalue weighted by atomic mass is 16.6. The number of carboxylic acid groups (broad SMARTS) is 1. The Balaban J connectivity index is 1.66. The van der Waals surface area contributed by atoms with Crippen LogP contribution in [-0.4, -0.2) is 70.8 Å². The van der Waals surface area contributed by atoms with Gasteiger partial charge in [-0.25, -0.2) is 9.59 Å². The van der Waals surface area contributed by atoms with Crippen LogP contribution in [0.15, 0.2) is 24.3 Å². The van der Waals surface area contributed by atoms with Gasteiger partial charge in [0.1, 0.15) is 5.60 Å². The van der Waals surface area contributed by atoms with E-state index in [4.69, 9.17) is 9.84 Å². The molecule has 2 fully saturated rings. The van der Waals surface area contributed by atoms with Crippen molar-refractivity contribution in [3.8, 4) is 0 Å². The van der Waals surface area contributed by atoms with Crippen molar-refractivity contribution in [2.75, 3.05) is 31.1 Å². The van der Waals surface area contributed by atoms with E-state index >= 15 is 0 Å². The lowest BCUT2D eigenvalue weighted by Gasteiger charge is -2.36. The van der Waals surface area contributed by atoms with Gasteiger partial charge in [0.15, 0.2) is 0 Å². The van der Waals surface area contributed by atoms with Crippen LogP contribution < -0.4 is 4.90 Å². The van der Waals surface area contributed by atoms with Gasteiger partial charge in [-0.3, -0.25) is 9.69 Å². The molecule has 8 heteroatoms. The predicted molar refractivity (Wildman–Crippen MR) is 108 cm³/mol. The normalized spacial score (nSPS) is 20.5. The number of anilines is 1. The first-order chi connectivity index (χ1) is 13.5. The second-order valence-electron chi connectivity index (χ2n) is 8.76. The van der Waals surface area contributed by atoms with Crippen LogP contribution in [0.3, 0.4) is 0 Å². The van der Waals surface area contributed by atoms with Gasteiger partial charge < -0.3 is 19.6 Å². The first-order valence-corrected chi connectivity index (χ1v) is 9.93. The number of aliphatic carboxylic acids is 1. The summed E-state index contributed by atoms with van der Waals surface area (Å²) in [4.78, 5) is 41.3. The lowest BCUT2D eigenvalue weighted by molar-refractivity contribution is -0.137. The standard InChI is InChI=1S/C21H29N3O5/c1-14(11-18(25)26)15-5-7-16(8-6-15)24-13-17-12-22(9-10-23(17)19(24)27)20(28)29-21(2,3)4/h5-8,14,17H,9-13H2,1-4H3,(H,25,26)/t14?,17-/m0/s1. The molecule has 8 nitrogen and oxygen atoms in total. The Kier molecular flexibility index (Phi) is 5.73. The third kappa shape index (κ3) is 4.81. The second-order valence-corrected chi connectivity index (χ2v) is 8.76. The molecule has 0 saturated carbocycles. The van der Waals surface area contributed by atoms with Crippen LogP contribution in [0, 0.1) is 0 Å². The van der Waals surface area contributed by atoms with Crippen LogP contribution in [-0.2, 0) is 9.53 Å². The Morgan fingerprint density at radius 1 is 1.17 bits per heavy atom. The van der Waals surface area contributed by atoms with Crippen LogP contribution in [0.1, 0.15) is 45.6 Å². The molecule has 158 valence electrons. The zero-order chi connectivity index (χ0) is 21.3. The molecule has 3 rings (SSSR count). The number of nitrogens with zero attached hydrogens (tertiary/aromatic N) is 3. The quantitative estimate of drug-likeness (QED) is 0.834. The van der Waals surface area contributed by atoms with Crippen molar-refractivity contribution in [2.24, 2.45) is 0 Å². The second kappa shape index (κ2) is 7.93. The summed E-state index contributed by atoms with van der Waals surface area (Å²) in [5, 5.41) is 8.95. The van der Waals surface area contributed by atoms with E-state index in [1.165, 1.54) is 0 Å². The lowest BCUT2D eigenvalue weighted by Crippen LogP contribution is -2.54. The van der Waals surface area contributed by atoms with Crippen molar-refractivity contribution >= 4 is 23.8 Å². The Labute approximate surface area is 171 Å². The molecule has 0 aromatic heterocycles. The van der Waals surface area contributed by atoms with E-state index in [1.54, 1.807) is 9.80 Å². The third-order valence-corrected chi connectivity index (χ3v) is 5.26. The number of carboxylic acids is 1. The molecule has 2 aliphatic heterocycles. The smallest absolute Gasteiger partial charge is 0.410 e. The van der Waals surface area contributed by atoms with E-state index in [1.807, 2.05) is 56.9 Å². The van der Waals surface area contributed by atoms with E-state index in [9.17, 15) is 14.4 Å². The fraction of sp³-hybridized carbons (Fsp3) is 0.571. The molecule has 2 heterocycles. The highest BCUT2D eigenvalue weighted by Crippen LogP contribution is 2.29. The van der Waals surface area contributed by atoms with Gasteiger partial charge in [0.25, 0.3) is 0 Å². The summed E-state index contributed by atoms with van der Waals surface area (Å²) in [6, 6.07) is 7.33. The van der Waals surface area contributed by atoms with E-state index in [0.717, 1.165) is 11.3 Å². The Hall–Kier alpha value is -2.77. The minimum absolute atomic E-state index is 0.0647. The number of benzene rings is 1. The van der Waals surface area contributed by atoms with Crippen LogP contribution >= 0.6 is 0 Å².